The van der Waals surface area contributed by atoms with Crippen LogP contribution in [0.1, 0.15) is 20.3 Å². The second kappa shape index (κ2) is 5.97. The fourth-order valence-electron chi connectivity index (χ4n) is 0.804. The third-order valence-corrected chi connectivity index (χ3v) is 1.62. The maximum absolute atomic E-state index is 11.2. The second-order valence-electron chi connectivity index (χ2n) is 3.07. The molecule has 0 aromatic heterocycles. The third-order valence-electron chi connectivity index (χ3n) is 1.62. The molecule has 2 atom stereocenters. The molecule has 0 aliphatic heterocycles. The molecule has 4 heteroatoms. The van der Waals surface area contributed by atoms with E-state index in [1.807, 2.05) is 6.92 Å². The van der Waals surface area contributed by atoms with Gasteiger partial charge in [0.1, 0.15) is 0 Å². The van der Waals surface area contributed by atoms with Crippen molar-refractivity contribution in [1.82, 2.24) is 5.32 Å². The maximum atomic E-state index is 11.2. The molecule has 1 amide bonds. The summed E-state index contributed by atoms with van der Waals surface area (Å²) in [6.45, 7) is 4.29. The van der Waals surface area contributed by atoms with E-state index in [-0.39, 0.29) is 11.8 Å². The van der Waals surface area contributed by atoms with Gasteiger partial charge >= 0.3 is 0 Å². The van der Waals surface area contributed by atoms with Crippen LogP contribution in [0.4, 0.5) is 0 Å². The van der Waals surface area contributed by atoms with Crippen LogP contribution in [0.5, 0.6) is 0 Å². The standard InChI is InChI=1S/C8H18N2O2/c1-6(3-4-9)8(12)10-5-7(2)11/h6-7,11H,3-5,9H2,1-2H3,(H,10,12). The molecule has 0 saturated carbocycles. The first-order valence-corrected chi connectivity index (χ1v) is 4.23. The summed E-state index contributed by atoms with van der Waals surface area (Å²) in [6.07, 6.45) is 0.199. The van der Waals surface area contributed by atoms with E-state index in [2.05, 4.69) is 5.32 Å². The van der Waals surface area contributed by atoms with Crippen molar-refractivity contribution >= 4 is 5.91 Å². The molecule has 0 heterocycles. The van der Waals surface area contributed by atoms with Crippen molar-refractivity contribution in [2.24, 2.45) is 11.7 Å². The first-order chi connectivity index (χ1) is 5.57. The van der Waals surface area contributed by atoms with Crippen LogP contribution in [0.25, 0.3) is 0 Å². The highest BCUT2D eigenvalue weighted by atomic mass is 16.3. The number of aliphatic hydroxyl groups is 1. The van der Waals surface area contributed by atoms with Gasteiger partial charge in [-0.05, 0) is 19.9 Å². The average Bonchev–Trinajstić information content (AvgIpc) is 2.00. The molecule has 0 radical (unpaired) electrons. The monoisotopic (exact) mass is 174 g/mol. The molecule has 12 heavy (non-hydrogen) atoms. The number of rotatable bonds is 5. The van der Waals surface area contributed by atoms with Gasteiger partial charge in [-0.3, -0.25) is 4.79 Å². The summed E-state index contributed by atoms with van der Waals surface area (Å²) in [6, 6.07) is 0. The molecule has 0 saturated heterocycles. The Kier molecular flexibility index (Phi) is 5.66. The minimum absolute atomic E-state index is 0.0404. The van der Waals surface area contributed by atoms with Crippen molar-refractivity contribution in [2.45, 2.75) is 26.4 Å². The van der Waals surface area contributed by atoms with Crippen molar-refractivity contribution < 1.29 is 9.90 Å². The van der Waals surface area contributed by atoms with E-state index in [4.69, 9.17) is 10.8 Å². The van der Waals surface area contributed by atoms with E-state index in [1.54, 1.807) is 6.92 Å². The molecule has 0 aliphatic rings. The van der Waals surface area contributed by atoms with Gasteiger partial charge in [0, 0.05) is 12.5 Å². The molecule has 2 unspecified atom stereocenters. The van der Waals surface area contributed by atoms with Gasteiger partial charge in [-0.2, -0.15) is 0 Å². The topological polar surface area (TPSA) is 75.3 Å². The number of carbonyl (C=O) groups is 1. The highest BCUT2D eigenvalue weighted by Gasteiger charge is 2.11. The fourth-order valence-corrected chi connectivity index (χ4v) is 0.804. The van der Waals surface area contributed by atoms with Gasteiger partial charge in [-0.1, -0.05) is 6.92 Å². The van der Waals surface area contributed by atoms with Crippen LogP contribution in [0.2, 0.25) is 0 Å². The zero-order valence-corrected chi connectivity index (χ0v) is 7.71. The summed E-state index contributed by atoms with van der Waals surface area (Å²) >= 11 is 0. The van der Waals surface area contributed by atoms with E-state index in [0.717, 1.165) is 0 Å². The number of hydrogen-bond donors (Lipinski definition) is 3. The van der Waals surface area contributed by atoms with Gasteiger partial charge in [-0.25, -0.2) is 0 Å². The quantitative estimate of drug-likeness (QED) is 0.524. The Labute approximate surface area is 73.1 Å². The zero-order chi connectivity index (χ0) is 9.56. The Morgan fingerprint density at radius 3 is 2.58 bits per heavy atom. The van der Waals surface area contributed by atoms with Gasteiger partial charge in [0.05, 0.1) is 6.10 Å². The van der Waals surface area contributed by atoms with Gasteiger partial charge < -0.3 is 16.2 Å². The largest absolute Gasteiger partial charge is 0.392 e. The van der Waals surface area contributed by atoms with E-state index in [0.29, 0.717) is 19.5 Å². The normalized spacial score (nSPS) is 15.3. The number of carbonyl (C=O) groups excluding carboxylic acids is 1. The minimum atomic E-state index is -0.487. The first kappa shape index (κ1) is 11.4. The van der Waals surface area contributed by atoms with E-state index in [1.165, 1.54) is 0 Å². The lowest BCUT2D eigenvalue weighted by Crippen LogP contribution is -2.35. The summed E-state index contributed by atoms with van der Waals surface area (Å²) in [4.78, 5) is 11.2. The summed E-state index contributed by atoms with van der Waals surface area (Å²) in [5, 5.41) is 11.5. The Balaban J connectivity index is 3.57. The molecule has 0 bridgehead atoms. The third kappa shape index (κ3) is 5.09. The van der Waals surface area contributed by atoms with Gasteiger partial charge in [0.15, 0.2) is 0 Å². The van der Waals surface area contributed by atoms with Crippen molar-refractivity contribution in [3.63, 3.8) is 0 Å². The smallest absolute Gasteiger partial charge is 0.222 e. The molecule has 0 aromatic carbocycles. The Morgan fingerprint density at radius 2 is 2.17 bits per heavy atom. The number of aliphatic hydroxyl groups excluding tert-OH is 1. The molecule has 0 spiro atoms. The van der Waals surface area contributed by atoms with E-state index in [9.17, 15) is 4.79 Å². The lowest BCUT2D eigenvalue weighted by atomic mass is 10.1. The molecule has 4 N–H and O–H groups in total. The zero-order valence-electron chi connectivity index (χ0n) is 7.71. The Hall–Kier alpha value is -0.610. The predicted octanol–water partition coefficient (Wildman–Crippen LogP) is -0.532. The molecule has 72 valence electrons. The average molecular weight is 174 g/mol. The van der Waals surface area contributed by atoms with Crippen molar-refractivity contribution in [2.75, 3.05) is 13.1 Å². The van der Waals surface area contributed by atoms with Gasteiger partial charge in [-0.15, -0.1) is 0 Å². The van der Waals surface area contributed by atoms with Crippen LogP contribution < -0.4 is 11.1 Å². The summed E-state index contributed by atoms with van der Waals surface area (Å²) in [5.41, 5.74) is 5.29. The fraction of sp³-hybridized carbons (Fsp3) is 0.875. The number of hydrogen-bond acceptors (Lipinski definition) is 3. The van der Waals surface area contributed by atoms with Crippen LogP contribution in [-0.2, 0) is 4.79 Å². The molecular formula is C8H18N2O2. The molecule has 4 nitrogen and oxygen atoms in total. The molecule has 0 fully saturated rings. The predicted molar refractivity (Wildman–Crippen MR) is 47.5 cm³/mol. The Bertz CT molecular complexity index is 137. The number of amides is 1. The van der Waals surface area contributed by atoms with Crippen molar-refractivity contribution in [1.29, 1.82) is 0 Å². The van der Waals surface area contributed by atoms with Gasteiger partial charge in [0.25, 0.3) is 0 Å². The lowest BCUT2D eigenvalue weighted by Gasteiger charge is -2.11. The molecule has 0 aliphatic carbocycles. The van der Waals surface area contributed by atoms with Crippen LogP contribution in [0, 0.1) is 5.92 Å². The molecular weight excluding hydrogens is 156 g/mol. The molecule has 0 rings (SSSR count). The van der Waals surface area contributed by atoms with Crippen LogP contribution in [0.15, 0.2) is 0 Å². The number of nitrogens with two attached hydrogens (primary N) is 1. The lowest BCUT2D eigenvalue weighted by molar-refractivity contribution is -0.125. The van der Waals surface area contributed by atoms with E-state index >= 15 is 0 Å². The minimum Gasteiger partial charge on any atom is -0.392 e. The SMILES string of the molecule is CC(O)CNC(=O)C(C)CCN. The Morgan fingerprint density at radius 1 is 1.58 bits per heavy atom. The molecule has 0 aromatic rings. The maximum Gasteiger partial charge on any atom is 0.222 e. The van der Waals surface area contributed by atoms with Gasteiger partial charge in [0.2, 0.25) is 5.91 Å². The van der Waals surface area contributed by atoms with Crippen LogP contribution >= 0.6 is 0 Å². The van der Waals surface area contributed by atoms with Crippen LogP contribution in [0.3, 0.4) is 0 Å². The number of nitrogens with one attached hydrogen (secondary N) is 1. The summed E-state index contributed by atoms with van der Waals surface area (Å²) < 4.78 is 0. The summed E-state index contributed by atoms with van der Waals surface area (Å²) in [5.74, 6) is -0.102. The van der Waals surface area contributed by atoms with E-state index < -0.39 is 6.10 Å². The highest BCUT2D eigenvalue weighted by molar-refractivity contribution is 5.78. The van der Waals surface area contributed by atoms with Crippen LogP contribution in [-0.4, -0.2) is 30.2 Å². The van der Waals surface area contributed by atoms with Crippen molar-refractivity contribution in [3.05, 3.63) is 0 Å². The highest BCUT2D eigenvalue weighted by Crippen LogP contribution is 1.98. The summed E-state index contributed by atoms with van der Waals surface area (Å²) in [7, 11) is 0. The van der Waals surface area contributed by atoms with Crippen molar-refractivity contribution in [3.8, 4) is 0 Å². The second-order valence-corrected chi connectivity index (χ2v) is 3.07. The first-order valence-electron chi connectivity index (χ1n) is 4.23.